The van der Waals surface area contributed by atoms with E-state index in [1.807, 2.05) is 48.7 Å². The summed E-state index contributed by atoms with van der Waals surface area (Å²) in [6, 6.07) is 9.67. The molecule has 0 saturated carbocycles. The molecule has 108 valence electrons. The van der Waals surface area contributed by atoms with Crippen molar-refractivity contribution in [3.05, 3.63) is 52.4 Å². The van der Waals surface area contributed by atoms with Crippen molar-refractivity contribution in [2.24, 2.45) is 0 Å². The molecule has 3 aromatic heterocycles. The van der Waals surface area contributed by atoms with Gasteiger partial charge < -0.3 is 8.94 Å². The maximum Gasteiger partial charge on any atom is 0.250 e. The van der Waals surface area contributed by atoms with Crippen LogP contribution in [0.15, 0.2) is 44.7 Å². The second-order valence-electron chi connectivity index (χ2n) is 4.72. The van der Waals surface area contributed by atoms with Gasteiger partial charge >= 0.3 is 0 Å². The standard InChI is InChI=1S/C16H11N3O2S/c1-10-17-13-9-11(4-6-14(13)20-10)16-18-15(21-19-16)7-5-12-3-2-8-22-12/h2-9H,1H3. The first-order valence-corrected chi connectivity index (χ1v) is 7.59. The van der Waals surface area contributed by atoms with E-state index < -0.39 is 0 Å². The monoisotopic (exact) mass is 309 g/mol. The van der Waals surface area contributed by atoms with Crippen LogP contribution in [0.5, 0.6) is 0 Å². The largest absolute Gasteiger partial charge is 0.441 e. The Morgan fingerprint density at radius 1 is 1.14 bits per heavy atom. The molecular formula is C16H11N3O2S. The van der Waals surface area contributed by atoms with Crippen LogP contribution in [-0.4, -0.2) is 15.1 Å². The number of hydrogen-bond acceptors (Lipinski definition) is 6. The lowest BCUT2D eigenvalue weighted by Gasteiger charge is -1.92. The molecule has 5 nitrogen and oxygen atoms in total. The maximum absolute atomic E-state index is 5.46. The van der Waals surface area contributed by atoms with Crippen molar-refractivity contribution in [2.45, 2.75) is 6.92 Å². The number of aryl methyl sites for hydroxylation is 1. The predicted molar refractivity (Wildman–Crippen MR) is 85.3 cm³/mol. The van der Waals surface area contributed by atoms with Gasteiger partial charge in [-0.25, -0.2) is 4.98 Å². The molecule has 0 fully saturated rings. The molecule has 0 radical (unpaired) electrons. The first-order chi connectivity index (χ1) is 10.8. The number of benzene rings is 1. The van der Waals surface area contributed by atoms with Gasteiger partial charge in [-0.3, -0.25) is 0 Å². The number of nitrogens with zero attached hydrogens (tertiary/aromatic N) is 3. The summed E-state index contributed by atoms with van der Waals surface area (Å²) in [5, 5.41) is 6.03. The van der Waals surface area contributed by atoms with Gasteiger partial charge in [-0.1, -0.05) is 11.2 Å². The molecule has 22 heavy (non-hydrogen) atoms. The van der Waals surface area contributed by atoms with Crippen LogP contribution < -0.4 is 0 Å². The lowest BCUT2D eigenvalue weighted by molar-refractivity contribution is 0.411. The Balaban J connectivity index is 1.64. The Morgan fingerprint density at radius 3 is 2.95 bits per heavy atom. The molecule has 0 N–H and O–H groups in total. The van der Waals surface area contributed by atoms with Crippen molar-refractivity contribution in [1.82, 2.24) is 15.1 Å². The lowest BCUT2D eigenvalue weighted by atomic mass is 10.2. The van der Waals surface area contributed by atoms with Crippen LogP contribution in [0.25, 0.3) is 34.6 Å². The summed E-state index contributed by atoms with van der Waals surface area (Å²) in [5.74, 6) is 1.65. The van der Waals surface area contributed by atoms with Crippen molar-refractivity contribution in [3.63, 3.8) is 0 Å². The molecule has 1 aromatic carbocycles. The van der Waals surface area contributed by atoms with Gasteiger partial charge in [-0.2, -0.15) is 4.98 Å². The normalized spacial score (nSPS) is 11.7. The second kappa shape index (κ2) is 5.23. The molecule has 6 heteroatoms. The number of aromatic nitrogens is 3. The molecular weight excluding hydrogens is 298 g/mol. The molecule has 0 spiro atoms. The number of fused-ring (bicyclic) bond motifs is 1. The Labute approximate surface area is 129 Å². The Kier molecular flexibility index (Phi) is 3.08. The Bertz CT molecular complexity index is 951. The Morgan fingerprint density at radius 2 is 2.09 bits per heavy atom. The quantitative estimate of drug-likeness (QED) is 0.560. The van der Waals surface area contributed by atoms with Crippen LogP contribution >= 0.6 is 11.3 Å². The van der Waals surface area contributed by atoms with Crippen molar-refractivity contribution in [1.29, 1.82) is 0 Å². The molecule has 4 aromatic rings. The minimum Gasteiger partial charge on any atom is -0.441 e. The van der Waals surface area contributed by atoms with Gasteiger partial charge in [0.15, 0.2) is 11.5 Å². The van der Waals surface area contributed by atoms with Crippen LogP contribution in [0, 0.1) is 6.92 Å². The summed E-state index contributed by atoms with van der Waals surface area (Å²) in [4.78, 5) is 9.82. The van der Waals surface area contributed by atoms with Gasteiger partial charge in [0.05, 0.1) is 0 Å². The first kappa shape index (κ1) is 13.0. The first-order valence-electron chi connectivity index (χ1n) is 6.71. The van der Waals surface area contributed by atoms with E-state index in [2.05, 4.69) is 15.1 Å². The summed E-state index contributed by atoms with van der Waals surface area (Å²) >= 11 is 1.65. The zero-order chi connectivity index (χ0) is 14.9. The molecule has 0 aliphatic rings. The minimum atomic E-state index is 0.472. The number of thiophene rings is 1. The molecule has 4 rings (SSSR count). The van der Waals surface area contributed by atoms with E-state index in [9.17, 15) is 0 Å². The zero-order valence-electron chi connectivity index (χ0n) is 11.7. The third kappa shape index (κ3) is 2.44. The maximum atomic E-state index is 5.46. The highest BCUT2D eigenvalue weighted by Crippen LogP contribution is 2.23. The summed E-state index contributed by atoms with van der Waals surface area (Å²) in [5.41, 5.74) is 2.39. The van der Waals surface area contributed by atoms with Crippen molar-refractivity contribution >= 4 is 34.6 Å². The lowest BCUT2D eigenvalue weighted by Crippen LogP contribution is -1.81. The minimum absolute atomic E-state index is 0.472. The van der Waals surface area contributed by atoms with Gasteiger partial charge in [0, 0.05) is 23.4 Å². The molecule has 3 heterocycles. The highest BCUT2D eigenvalue weighted by Gasteiger charge is 2.09. The van der Waals surface area contributed by atoms with E-state index in [4.69, 9.17) is 8.94 Å². The van der Waals surface area contributed by atoms with Crippen molar-refractivity contribution in [3.8, 4) is 11.4 Å². The van der Waals surface area contributed by atoms with Crippen LogP contribution in [0.3, 0.4) is 0 Å². The van der Waals surface area contributed by atoms with E-state index in [-0.39, 0.29) is 0 Å². The molecule has 0 aliphatic carbocycles. The third-order valence-electron chi connectivity index (χ3n) is 3.13. The van der Waals surface area contributed by atoms with Gasteiger partial charge in [-0.05, 0) is 35.7 Å². The van der Waals surface area contributed by atoms with E-state index in [0.717, 1.165) is 21.5 Å². The number of hydrogen-bond donors (Lipinski definition) is 0. The fourth-order valence-corrected chi connectivity index (χ4v) is 2.76. The summed E-state index contributed by atoms with van der Waals surface area (Å²) in [6.07, 6.45) is 3.76. The number of rotatable bonds is 3. The van der Waals surface area contributed by atoms with Gasteiger partial charge in [0.1, 0.15) is 5.52 Å². The van der Waals surface area contributed by atoms with Crippen molar-refractivity contribution < 1.29 is 8.94 Å². The van der Waals surface area contributed by atoms with Gasteiger partial charge in [0.25, 0.3) is 5.89 Å². The third-order valence-corrected chi connectivity index (χ3v) is 3.97. The van der Waals surface area contributed by atoms with E-state index in [0.29, 0.717) is 17.6 Å². The summed E-state index contributed by atoms with van der Waals surface area (Å²) < 4.78 is 10.7. The van der Waals surface area contributed by atoms with Crippen LogP contribution in [0.4, 0.5) is 0 Å². The molecule has 0 saturated heterocycles. The summed E-state index contributed by atoms with van der Waals surface area (Å²) in [7, 11) is 0. The fraction of sp³-hybridized carbons (Fsp3) is 0.0625. The predicted octanol–water partition coefficient (Wildman–Crippen LogP) is 4.42. The smallest absolute Gasteiger partial charge is 0.250 e. The highest BCUT2D eigenvalue weighted by atomic mass is 32.1. The molecule has 0 amide bonds. The van der Waals surface area contributed by atoms with Crippen molar-refractivity contribution in [2.75, 3.05) is 0 Å². The molecule has 0 aliphatic heterocycles. The zero-order valence-corrected chi connectivity index (χ0v) is 12.5. The van der Waals surface area contributed by atoms with Crippen LogP contribution in [0.1, 0.15) is 16.7 Å². The SMILES string of the molecule is Cc1nc2cc(-c3noc(C=Cc4cccs4)n3)ccc2o1. The highest BCUT2D eigenvalue weighted by molar-refractivity contribution is 7.10. The van der Waals surface area contributed by atoms with Crippen LogP contribution in [0.2, 0.25) is 0 Å². The molecule has 0 bridgehead atoms. The topological polar surface area (TPSA) is 65.0 Å². The van der Waals surface area contributed by atoms with E-state index in [1.165, 1.54) is 0 Å². The molecule has 0 unspecified atom stereocenters. The average Bonchev–Trinajstić information content (AvgIpc) is 3.24. The molecule has 0 atom stereocenters. The number of oxazole rings is 1. The fourth-order valence-electron chi connectivity index (χ4n) is 2.14. The van der Waals surface area contributed by atoms with E-state index >= 15 is 0 Å². The second-order valence-corrected chi connectivity index (χ2v) is 5.70. The summed E-state index contributed by atoms with van der Waals surface area (Å²) in [6.45, 7) is 1.82. The van der Waals surface area contributed by atoms with Gasteiger partial charge in [0.2, 0.25) is 5.82 Å². The van der Waals surface area contributed by atoms with E-state index in [1.54, 1.807) is 17.4 Å². The van der Waals surface area contributed by atoms with Gasteiger partial charge in [-0.15, -0.1) is 11.3 Å². The Hall–Kier alpha value is -2.73. The average molecular weight is 309 g/mol. The van der Waals surface area contributed by atoms with Crippen LogP contribution in [-0.2, 0) is 0 Å².